The molecule has 7 heteroatoms. The molecule has 0 spiro atoms. The molecule has 0 radical (unpaired) electrons. The van der Waals surface area contributed by atoms with Crippen molar-refractivity contribution in [3.8, 4) is 0 Å². The Morgan fingerprint density at radius 3 is 2.61 bits per heavy atom. The predicted octanol–water partition coefficient (Wildman–Crippen LogP) is 2.60. The fraction of sp³-hybridized carbons (Fsp3) is 0.571. The number of carbonyl (C=O) groups excluding carboxylic acids is 3. The van der Waals surface area contributed by atoms with E-state index in [9.17, 15) is 14.4 Å². The summed E-state index contributed by atoms with van der Waals surface area (Å²) in [5.74, 6) is 0.0625. The van der Waals surface area contributed by atoms with Gasteiger partial charge >= 0.3 is 0 Å². The van der Waals surface area contributed by atoms with Gasteiger partial charge in [0, 0.05) is 17.4 Å². The molecule has 2 aliphatic heterocycles. The highest BCUT2D eigenvalue weighted by molar-refractivity contribution is 7.99. The number of nitrogens with one attached hydrogen (secondary N) is 2. The van der Waals surface area contributed by atoms with E-state index in [0.717, 1.165) is 31.2 Å². The largest absolute Gasteiger partial charge is 0.352 e. The van der Waals surface area contributed by atoms with Crippen LogP contribution in [0.25, 0.3) is 0 Å². The second kappa shape index (κ2) is 8.15. The number of amides is 3. The Bertz CT molecular complexity index is 776. The van der Waals surface area contributed by atoms with Gasteiger partial charge in [-0.1, -0.05) is 43.9 Å². The third kappa shape index (κ3) is 3.64. The Labute approximate surface area is 169 Å². The summed E-state index contributed by atoms with van der Waals surface area (Å²) < 4.78 is 0. The fourth-order valence-electron chi connectivity index (χ4n) is 4.37. The first-order chi connectivity index (χ1) is 13.6. The zero-order chi connectivity index (χ0) is 19.7. The number of hydrogen-bond donors (Lipinski definition) is 2. The van der Waals surface area contributed by atoms with Gasteiger partial charge < -0.3 is 15.5 Å². The van der Waals surface area contributed by atoms with E-state index in [4.69, 9.17) is 0 Å². The van der Waals surface area contributed by atoms with Crippen molar-refractivity contribution in [2.24, 2.45) is 0 Å². The quantitative estimate of drug-likeness (QED) is 0.760. The smallest absolute Gasteiger partial charge is 0.256 e. The van der Waals surface area contributed by atoms with Crippen LogP contribution < -0.4 is 10.6 Å². The van der Waals surface area contributed by atoms with Crippen LogP contribution in [0, 0.1) is 0 Å². The van der Waals surface area contributed by atoms with E-state index in [-0.39, 0.29) is 29.1 Å². The molecule has 28 heavy (non-hydrogen) atoms. The molecule has 2 N–H and O–H groups in total. The summed E-state index contributed by atoms with van der Waals surface area (Å²) in [6, 6.07) is 6.59. The third-order valence-corrected chi connectivity index (χ3v) is 7.25. The van der Waals surface area contributed by atoms with Gasteiger partial charge in [0.05, 0.1) is 0 Å². The van der Waals surface area contributed by atoms with Gasteiger partial charge in [0.1, 0.15) is 17.5 Å². The van der Waals surface area contributed by atoms with Crippen molar-refractivity contribution in [1.82, 2.24) is 15.5 Å². The fourth-order valence-corrected chi connectivity index (χ4v) is 5.83. The number of benzene rings is 1. The van der Waals surface area contributed by atoms with Gasteiger partial charge in [0.25, 0.3) is 5.91 Å². The number of nitrogens with zero attached hydrogens (tertiary/aromatic N) is 1. The van der Waals surface area contributed by atoms with Crippen molar-refractivity contribution in [2.75, 3.05) is 5.75 Å². The van der Waals surface area contributed by atoms with Crippen LogP contribution in [0.3, 0.4) is 0 Å². The first-order valence-corrected chi connectivity index (χ1v) is 11.2. The van der Waals surface area contributed by atoms with Crippen LogP contribution in [-0.2, 0) is 9.59 Å². The first-order valence-electron chi connectivity index (χ1n) is 10.2. The maximum atomic E-state index is 12.8. The minimum Gasteiger partial charge on any atom is -0.352 e. The summed E-state index contributed by atoms with van der Waals surface area (Å²) in [7, 11) is 0. The Balaban J connectivity index is 1.36. The van der Waals surface area contributed by atoms with Gasteiger partial charge in [-0.3, -0.25) is 14.4 Å². The topological polar surface area (TPSA) is 78.5 Å². The van der Waals surface area contributed by atoms with Gasteiger partial charge in [-0.15, -0.1) is 11.8 Å². The molecule has 1 aromatic rings. The maximum Gasteiger partial charge on any atom is 0.256 e. The molecule has 0 aromatic heterocycles. The molecule has 6 nitrogen and oxygen atoms in total. The molecule has 2 fully saturated rings. The van der Waals surface area contributed by atoms with E-state index >= 15 is 0 Å². The van der Waals surface area contributed by atoms with Gasteiger partial charge in [-0.2, -0.15) is 0 Å². The second-order valence-electron chi connectivity index (χ2n) is 7.93. The molecule has 1 saturated heterocycles. The molecule has 1 saturated carbocycles. The van der Waals surface area contributed by atoms with E-state index in [2.05, 4.69) is 10.6 Å². The number of rotatable bonds is 4. The van der Waals surface area contributed by atoms with E-state index in [1.54, 1.807) is 23.6 Å². The molecule has 2 heterocycles. The van der Waals surface area contributed by atoms with Crippen LogP contribution in [0.4, 0.5) is 0 Å². The molecule has 0 bridgehead atoms. The average molecular weight is 402 g/mol. The van der Waals surface area contributed by atoms with E-state index in [0.29, 0.717) is 11.3 Å². The Morgan fingerprint density at radius 1 is 1.14 bits per heavy atom. The maximum absolute atomic E-state index is 12.8. The van der Waals surface area contributed by atoms with Crippen LogP contribution in [0.2, 0.25) is 0 Å². The van der Waals surface area contributed by atoms with Crippen molar-refractivity contribution in [2.45, 2.75) is 68.9 Å². The van der Waals surface area contributed by atoms with Crippen LogP contribution >= 0.6 is 11.8 Å². The van der Waals surface area contributed by atoms with E-state index in [1.165, 1.54) is 12.8 Å². The molecule has 150 valence electrons. The highest BCUT2D eigenvalue weighted by Crippen LogP contribution is 2.48. The molecule has 3 amide bonds. The van der Waals surface area contributed by atoms with Gasteiger partial charge in [0.2, 0.25) is 11.8 Å². The summed E-state index contributed by atoms with van der Waals surface area (Å²) in [4.78, 5) is 39.8. The highest BCUT2D eigenvalue weighted by Gasteiger charge is 2.48. The zero-order valence-electron chi connectivity index (χ0n) is 16.1. The number of hydrogen-bond acceptors (Lipinski definition) is 4. The van der Waals surface area contributed by atoms with Crippen molar-refractivity contribution in [3.63, 3.8) is 0 Å². The number of thioether (sulfide) groups is 1. The molecular formula is C21H27N3O3S. The third-order valence-electron chi connectivity index (χ3n) is 5.95. The molecule has 3 aliphatic rings. The summed E-state index contributed by atoms with van der Waals surface area (Å²) in [6.07, 6.45) is 6.76. The molecule has 1 aliphatic carbocycles. The lowest BCUT2D eigenvalue weighted by atomic mass is 10.1. The SMILES string of the molecule is C[C@H](NC(=O)[C@H]1CS[C@H]2c3ccccc3C(=O)N12)C(=O)NC1CCCCCC1. The molecule has 3 atom stereocenters. The molecule has 1 aromatic carbocycles. The van der Waals surface area contributed by atoms with Crippen molar-refractivity contribution in [3.05, 3.63) is 35.4 Å². The van der Waals surface area contributed by atoms with Crippen molar-refractivity contribution in [1.29, 1.82) is 0 Å². The lowest BCUT2D eigenvalue weighted by molar-refractivity contribution is -0.130. The summed E-state index contributed by atoms with van der Waals surface area (Å²) in [6.45, 7) is 1.71. The van der Waals surface area contributed by atoms with Gasteiger partial charge in [0.15, 0.2) is 0 Å². The first kappa shape index (κ1) is 19.3. The molecular weight excluding hydrogens is 374 g/mol. The average Bonchev–Trinajstić information content (AvgIpc) is 3.13. The van der Waals surface area contributed by atoms with Crippen LogP contribution in [0.5, 0.6) is 0 Å². The van der Waals surface area contributed by atoms with E-state index < -0.39 is 12.1 Å². The normalized spacial score (nSPS) is 25.6. The van der Waals surface area contributed by atoms with Crippen molar-refractivity contribution >= 4 is 29.5 Å². The van der Waals surface area contributed by atoms with E-state index in [1.807, 2.05) is 24.3 Å². The predicted molar refractivity (Wildman–Crippen MR) is 109 cm³/mol. The number of fused-ring (bicyclic) bond motifs is 3. The summed E-state index contributed by atoms with van der Waals surface area (Å²) >= 11 is 1.61. The standard InChI is InChI=1S/C21H27N3O3S/c1-13(18(25)23-14-8-4-2-3-5-9-14)22-19(26)17-12-28-21-16-11-7-6-10-15(16)20(27)24(17)21/h6-7,10-11,13-14,17,21H,2-5,8-9,12H2,1H3,(H,22,26)(H,23,25)/t13-,17+,21-/m0/s1. The van der Waals surface area contributed by atoms with Gasteiger partial charge in [-0.05, 0) is 31.4 Å². The zero-order valence-corrected chi connectivity index (χ0v) is 17.0. The summed E-state index contributed by atoms with van der Waals surface area (Å²) in [5.41, 5.74) is 1.66. The lowest BCUT2D eigenvalue weighted by Crippen LogP contribution is -2.53. The summed E-state index contributed by atoms with van der Waals surface area (Å²) in [5, 5.41) is 5.81. The number of carbonyl (C=O) groups is 3. The van der Waals surface area contributed by atoms with Crippen LogP contribution in [0.1, 0.15) is 66.7 Å². The van der Waals surface area contributed by atoms with Crippen LogP contribution in [0.15, 0.2) is 24.3 Å². The molecule has 4 rings (SSSR count). The monoisotopic (exact) mass is 401 g/mol. The molecule has 0 unspecified atom stereocenters. The van der Waals surface area contributed by atoms with Gasteiger partial charge in [-0.25, -0.2) is 0 Å². The Morgan fingerprint density at radius 2 is 1.86 bits per heavy atom. The Kier molecular flexibility index (Phi) is 5.62. The minimum absolute atomic E-state index is 0.0960. The lowest BCUT2D eigenvalue weighted by Gasteiger charge is -2.25. The van der Waals surface area contributed by atoms with Crippen LogP contribution in [-0.4, -0.2) is 46.5 Å². The Hall–Kier alpha value is -2.02. The second-order valence-corrected chi connectivity index (χ2v) is 9.04. The minimum atomic E-state index is -0.611. The van der Waals surface area contributed by atoms with Crippen molar-refractivity contribution < 1.29 is 14.4 Å². The highest BCUT2D eigenvalue weighted by atomic mass is 32.2.